The molecule has 0 bridgehead atoms. The monoisotopic (exact) mass is 302 g/mol. The van der Waals surface area contributed by atoms with Crippen LogP contribution in [0, 0.1) is 5.41 Å². The van der Waals surface area contributed by atoms with Crippen LogP contribution in [-0.4, -0.2) is 56.0 Å². The summed E-state index contributed by atoms with van der Waals surface area (Å²) in [5.41, 5.74) is 1.36. The van der Waals surface area contributed by atoms with Gasteiger partial charge in [-0.1, -0.05) is 18.2 Å². The van der Waals surface area contributed by atoms with Gasteiger partial charge >= 0.3 is 0 Å². The molecule has 1 aromatic carbocycles. The van der Waals surface area contributed by atoms with Crippen molar-refractivity contribution in [3.8, 4) is 5.75 Å². The van der Waals surface area contributed by atoms with Gasteiger partial charge in [0.25, 0.3) is 0 Å². The van der Waals surface area contributed by atoms with Gasteiger partial charge in [0.05, 0.1) is 13.5 Å². The Hall–Kier alpha value is -1.55. The number of amides is 1. The molecule has 0 aromatic heterocycles. The molecule has 0 radical (unpaired) electrons. The number of rotatable bonds is 3. The molecule has 2 heterocycles. The number of carbonyl (C=O) groups is 1. The second kappa shape index (κ2) is 6.29. The molecule has 0 saturated carbocycles. The van der Waals surface area contributed by atoms with Crippen LogP contribution in [0.25, 0.3) is 0 Å². The minimum atomic E-state index is 0.236. The summed E-state index contributed by atoms with van der Waals surface area (Å²) < 4.78 is 5.35. The van der Waals surface area contributed by atoms with Gasteiger partial charge in [0.15, 0.2) is 0 Å². The molecule has 2 aliphatic heterocycles. The van der Waals surface area contributed by atoms with Crippen molar-refractivity contribution in [2.45, 2.75) is 25.7 Å². The van der Waals surface area contributed by atoms with E-state index in [1.54, 1.807) is 7.11 Å². The minimum absolute atomic E-state index is 0.236. The maximum Gasteiger partial charge on any atom is 0.227 e. The molecule has 4 nitrogen and oxygen atoms in total. The molecule has 2 aliphatic rings. The van der Waals surface area contributed by atoms with E-state index in [0.717, 1.165) is 37.5 Å². The van der Waals surface area contributed by atoms with Gasteiger partial charge in [-0.05, 0) is 50.9 Å². The van der Waals surface area contributed by atoms with Crippen LogP contribution >= 0.6 is 0 Å². The molecule has 4 heteroatoms. The van der Waals surface area contributed by atoms with Crippen molar-refractivity contribution >= 4 is 5.91 Å². The van der Waals surface area contributed by atoms with Crippen LogP contribution in [0.3, 0.4) is 0 Å². The zero-order valence-corrected chi connectivity index (χ0v) is 13.7. The predicted molar refractivity (Wildman–Crippen MR) is 87.1 cm³/mol. The lowest BCUT2D eigenvalue weighted by atomic mass is 9.78. The quantitative estimate of drug-likeness (QED) is 0.858. The third-order valence-corrected chi connectivity index (χ3v) is 5.37. The highest BCUT2D eigenvalue weighted by Crippen LogP contribution is 2.40. The number of ether oxygens (including phenoxy) is 1. The highest BCUT2D eigenvalue weighted by Gasteiger charge is 2.41. The zero-order chi connectivity index (χ0) is 15.6. The maximum absolute atomic E-state index is 12.6. The molecule has 3 rings (SSSR count). The predicted octanol–water partition coefficient (Wildman–Crippen LogP) is 2.18. The molecule has 1 aromatic rings. The average molecular weight is 302 g/mol. The summed E-state index contributed by atoms with van der Waals surface area (Å²) in [6.07, 6.45) is 4.06. The van der Waals surface area contributed by atoms with Crippen LogP contribution in [0.2, 0.25) is 0 Å². The fraction of sp³-hybridized carbons (Fsp3) is 0.611. The largest absolute Gasteiger partial charge is 0.496 e. The maximum atomic E-state index is 12.6. The highest BCUT2D eigenvalue weighted by atomic mass is 16.5. The van der Waals surface area contributed by atoms with Crippen molar-refractivity contribution in [3.63, 3.8) is 0 Å². The average Bonchev–Trinajstić information content (AvgIpc) is 2.95. The van der Waals surface area contributed by atoms with Crippen LogP contribution in [0.4, 0.5) is 0 Å². The Balaban J connectivity index is 1.62. The molecular formula is C18H26N2O2. The van der Waals surface area contributed by atoms with Crippen LogP contribution in [-0.2, 0) is 11.2 Å². The highest BCUT2D eigenvalue weighted by molar-refractivity contribution is 5.79. The van der Waals surface area contributed by atoms with E-state index in [4.69, 9.17) is 4.74 Å². The number of hydrogen-bond acceptors (Lipinski definition) is 3. The molecule has 0 unspecified atom stereocenters. The molecule has 0 atom stereocenters. The third-order valence-electron chi connectivity index (χ3n) is 5.37. The van der Waals surface area contributed by atoms with Crippen molar-refractivity contribution in [2.24, 2.45) is 5.41 Å². The van der Waals surface area contributed by atoms with Gasteiger partial charge in [0.2, 0.25) is 5.91 Å². The normalized spacial score (nSPS) is 21.3. The summed E-state index contributed by atoms with van der Waals surface area (Å²) in [5, 5.41) is 0. The Morgan fingerprint density at radius 3 is 2.59 bits per heavy atom. The summed E-state index contributed by atoms with van der Waals surface area (Å²) in [5.74, 6) is 1.05. The zero-order valence-electron chi connectivity index (χ0n) is 13.7. The first kappa shape index (κ1) is 15.3. The number of nitrogens with zero attached hydrogens (tertiary/aromatic N) is 2. The van der Waals surface area contributed by atoms with Crippen molar-refractivity contribution in [1.82, 2.24) is 9.80 Å². The molecular weight excluding hydrogens is 276 g/mol. The van der Waals surface area contributed by atoms with E-state index in [1.165, 1.54) is 19.3 Å². The first-order valence-electron chi connectivity index (χ1n) is 8.20. The van der Waals surface area contributed by atoms with Crippen molar-refractivity contribution < 1.29 is 9.53 Å². The first-order chi connectivity index (χ1) is 10.6. The SMILES string of the molecule is COc1ccccc1CC(=O)N1CCC2(CCN(C)CC2)C1. The minimum Gasteiger partial charge on any atom is -0.496 e. The lowest BCUT2D eigenvalue weighted by Crippen LogP contribution is -2.40. The van der Waals surface area contributed by atoms with Gasteiger partial charge in [-0.3, -0.25) is 4.79 Å². The topological polar surface area (TPSA) is 32.8 Å². The molecule has 0 N–H and O–H groups in total. The van der Waals surface area contributed by atoms with E-state index < -0.39 is 0 Å². The summed E-state index contributed by atoms with van der Waals surface area (Å²) in [6.45, 7) is 4.18. The van der Waals surface area contributed by atoms with Crippen LogP contribution in [0.1, 0.15) is 24.8 Å². The lowest BCUT2D eigenvalue weighted by molar-refractivity contribution is -0.130. The number of likely N-dealkylation sites (tertiary alicyclic amines) is 2. The molecule has 22 heavy (non-hydrogen) atoms. The Morgan fingerprint density at radius 2 is 1.86 bits per heavy atom. The van der Waals surface area contributed by atoms with Gasteiger partial charge in [0, 0.05) is 18.7 Å². The Bertz CT molecular complexity index is 536. The van der Waals surface area contributed by atoms with Crippen LogP contribution in [0.15, 0.2) is 24.3 Å². The molecule has 2 saturated heterocycles. The van der Waals surface area contributed by atoms with E-state index in [1.807, 2.05) is 24.3 Å². The number of benzene rings is 1. The van der Waals surface area contributed by atoms with Crippen molar-refractivity contribution in [1.29, 1.82) is 0 Å². The van der Waals surface area contributed by atoms with E-state index >= 15 is 0 Å². The molecule has 120 valence electrons. The van der Waals surface area contributed by atoms with Crippen molar-refractivity contribution in [2.75, 3.05) is 40.3 Å². The summed E-state index contributed by atoms with van der Waals surface area (Å²) >= 11 is 0. The fourth-order valence-corrected chi connectivity index (χ4v) is 3.77. The van der Waals surface area contributed by atoms with E-state index in [0.29, 0.717) is 11.8 Å². The Labute approximate surface area is 133 Å². The second-order valence-electron chi connectivity index (χ2n) is 6.86. The third kappa shape index (κ3) is 3.12. The fourth-order valence-electron chi connectivity index (χ4n) is 3.77. The Morgan fingerprint density at radius 1 is 1.18 bits per heavy atom. The second-order valence-corrected chi connectivity index (χ2v) is 6.86. The van der Waals surface area contributed by atoms with E-state index in [2.05, 4.69) is 16.8 Å². The van der Waals surface area contributed by atoms with Crippen molar-refractivity contribution in [3.05, 3.63) is 29.8 Å². The summed E-state index contributed by atoms with van der Waals surface area (Å²) in [4.78, 5) is 17.1. The molecule has 0 aliphatic carbocycles. The number of methoxy groups -OCH3 is 1. The standard InChI is InChI=1S/C18H26N2O2/c1-19-10-7-18(8-11-19)9-12-20(14-18)17(21)13-15-5-3-4-6-16(15)22-2/h3-6H,7-14H2,1-2H3. The first-order valence-corrected chi connectivity index (χ1v) is 8.20. The van der Waals surface area contributed by atoms with E-state index in [9.17, 15) is 4.79 Å². The smallest absolute Gasteiger partial charge is 0.227 e. The molecule has 1 amide bonds. The number of hydrogen-bond donors (Lipinski definition) is 0. The van der Waals surface area contributed by atoms with Gasteiger partial charge in [0.1, 0.15) is 5.75 Å². The number of piperidine rings is 1. The summed E-state index contributed by atoms with van der Waals surface area (Å²) in [7, 11) is 3.85. The van der Waals surface area contributed by atoms with Gasteiger partial charge < -0.3 is 14.5 Å². The molecule has 2 fully saturated rings. The van der Waals surface area contributed by atoms with Gasteiger partial charge in [-0.2, -0.15) is 0 Å². The van der Waals surface area contributed by atoms with Crippen LogP contribution in [0.5, 0.6) is 5.75 Å². The Kier molecular flexibility index (Phi) is 4.39. The lowest BCUT2D eigenvalue weighted by Gasteiger charge is -2.37. The van der Waals surface area contributed by atoms with Gasteiger partial charge in [-0.25, -0.2) is 0 Å². The number of para-hydroxylation sites is 1. The van der Waals surface area contributed by atoms with Gasteiger partial charge in [-0.15, -0.1) is 0 Å². The summed E-state index contributed by atoms with van der Waals surface area (Å²) in [6, 6.07) is 7.81. The van der Waals surface area contributed by atoms with E-state index in [-0.39, 0.29) is 5.91 Å². The molecule has 1 spiro atoms. The van der Waals surface area contributed by atoms with Crippen LogP contribution < -0.4 is 4.74 Å². The number of carbonyl (C=O) groups excluding carboxylic acids is 1.